The predicted molar refractivity (Wildman–Crippen MR) is 50.8 cm³/mol. The molecule has 0 aromatic heterocycles. The first kappa shape index (κ1) is 9.44. The first-order valence-corrected chi connectivity index (χ1v) is 5.15. The summed E-state index contributed by atoms with van der Waals surface area (Å²) in [6.45, 7) is 5.90. The summed E-state index contributed by atoms with van der Waals surface area (Å²) in [5.74, 6) is 0. The normalized spacial score (nSPS) is 30.2. The second-order valence-corrected chi connectivity index (χ2v) is 4.40. The van der Waals surface area contributed by atoms with Crippen molar-refractivity contribution < 1.29 is 9.47 Å². The van der Waals surface area contributed by atoms with Crippen LogP contribution in [0.25, 0.3) is 0 Å². The van der Waals surface area contributed by atoms with Crippen LogP contribution in [-0.4, -0.2) is 51.5 Å². The first-order chi connectivity index (χ1) is 6.31. The molecule has 0 radical (unpaired) electrons. The van der Waals surface area contributed by atoms with E-state index in [0.717, 1.165) is 45.8 Å². The van der Waals surface area contributed by atoms with Crippen molar-refractivity contribution in [2.75, 3.05) is 46.6 Å². The fourth-order valence-corrected chi connectivity index (χ4v) is 2.31. The molecule has 0 aromatic rings. The van der Waals surface area contributed by atoms with Gasteiger partial charge in [-0.3, -0.25) is 0 Å². The van der Waals surface area contributed by atoms with Gasteiger partial charge in [-0.25, -0.2) is 0 Å². The zero-order valence-corrected chi connectivity index (χ0v) is 8.42. The van der Waals surface area contributed by atoms with Gasteiger partial charge in [0.2, 0.25) is 0 Å². The van der Waals surface area contributed by atoms with Crippen molar-refractivity contribution in [1.29, 1.82) is 0 Å². The van der Waals surface area contributed by atoms with Crippen LogP contribution >= 0.6 is 0 Å². The van der Waals surface area contributed by atoms with Crippen LogP contribution in [0.15, 0.2) is 0 Å². The topological polar surface area (TPSA) is 21.7 Å². The van der Waals surface area contributed by atoms with E-state index in [1.165, 1.54) is 6.54 Å². The van der Waals surface area contributed by atoms with E-state index in [2.05, 4.69) is 11.9 Å². The van der Waals surface area contributed by atoms with E-state index >= 15 is 0 Å². The number of likely N-dealkylation sites (N-methyl/N-ethyl adjacent to an activating group) is 1. The largest absolute Gasteiger partial charge is 0.381 e. The summed E-state index contributed by atoms with van der Waals surface area (Å²) in [4.78, 5) is 2.39. The number of hydrogen-bond donors (Lipinski definition) is 0. The molecule has 2 saturated heterocycles. The van der Waals surface area contributed by atoms with Gasteiger partial charge in [-0.2, -0.15) is 0 Å². The molecule has 2 aliphatic rings. The highest BCUT2D eigenvalue weighted by atomic mass is 16.5. The summed E-state index contributed by atoms with van der Waals surface area (Å²) in [6.07, 6.45) is 2.33. The number of nitrogens with zero attached hydrogens (tertiary/aromatic N) is 1. The van der Waals surface area contributed by atoms with E-state index < -0.39 is 0 Å². The zero-order valence-electron chi connectivity index (χ0n) is 8.42. The Morgan fingerprint density at radius 1 is 1.08 bits per heavy atom. The molecule has 2 aliphatic heterocycles. The Morgan fingerprint density at radius 3 is 2.62 bits per heavy atom. The molecule has 3 heteroatoms. The number of ether oxygens (including phenoxy) is 2. The Labute approximate surface area is 80.0 Å². The van der Waals surface area contributed by atoms with Crippen LogP contribution in [0.2, 0.25) is 0 Å². The Hall–Kier alpha value is -0.120. The number of rotatable bonds is 0. The summed E-state index contributed by atoms with van der Waals surface area (Å²) >= 11 is 0. The molecular weight excluding hydrogens is 166 g/mol. The average molecular weight is 185 g/mol. The predicted octanol–water partition coefficient (Wildman–Crippen LogP) is 0.745. The second kappa shape index (κ2) is 3.95. The molecule has 0 unspecified atom stereocenters. The fraction of sp³-hybridized carbons (Fsp3) is 1.00. The van der Waals surface area contributed by atoms with Gasteiger partial charge >= 0.3 is 0 Å². The van der Waals surface area contributed by atoms with Crippen LogP contribution in [0.4, 0.5) is 0 Å². The van der Waals surface area contributed by atoms with Gasteiger partial charge in [0.25, 0.3) is 0 Å². The van der Waals surface area contributed by atoms with E-state index in [-0.39, 0.29) is 0 Å². The van der Waals surface area contributed by atoms with E-state index in [1.54, 1.807) is 0 Å². The van der Waals surface area contributed by atoms with Gasteiger partial charge in [0.1, 0.15) is 0 Å². The molecule has 1 spiro atoms. The maximum absolute atomic E-state index is 5.66. The fourth-order valence-electron chi connectivity index (χ4n) is 2.31. The van der Waals surface area contributed by atoms with Crippen molar-refractivity contribution in [3.05, 3.63) is 0 Å². The lowest BCUT2D eigenvalue weighted by molar-refractivity contribution is -0.0302. The van der Waals surface area contributed by atoms with Crippen LogP contribution < -0.4 is 0 Å². The van der Waals surface area contributed by atoms with Crippen molar-refractivity contribution >= 4 is 0 Å². The molecule has 0 bridgehead atoms. The van der Waals surface area contributed by atoms with Gasteiger partial charge in [0.05, 0.1) is 13.2 Å². The quantitative estimate of drug-likeness (QED) is 0.556. The second-order valence-electron chi connectivity index (χ2n) is 4.40. The van der Waals surface area contributed by atoms with Gasteiger partial charge in [0.15, 0.2) is 0 Å². The maximum atomic E-state index is 5.66. The molecular formula is C10H19NO2. The van der Waals surface area contributed by atoms with Gasteiger partial charge in [0, 0.05) is 31.7 Å². The summed E-state index contributed by atoms with van der Waals surface area (Å²) < 4.78 is 11.1. The van der Waals surface area contributed by atoms with Gasteiger partial charge in [-0.1, -0.05) is 0 Å². The SMILES string of the molecule is CN1CCOCC2(CCOCC2)C1. The molecule has 0 aromatic carbocycles. The highest BCUT2D eigenvalue weighted by molar-refractivity contribution is 4.85. The lowest BCUT2D eigenvalue weighted by Gasteiger charge is -2.37. The van der Waals surface area contributed by atoms with Crippen LogP contribution in [0.1, 0.15) is 12.8 Å². The monoisotopic (exact) mass is 185 g/mol. The van der Waals surface area contributed by atoms with Crippen LogP contribution in [0.3, 0.4) is 0 Å². The minimum atomic E-state index is 0.392. The van der Waals surface area contributed by atoms with Crippen molar-refractivity contribution in [1.82, 2.24) is 4.90 Å². The first-order valence-electron chi connectivity index (χ1n) is 5.15. The van der Waals surface area contributed by atoms with Gasteiger partial charge in [-0.15, -0.1) is 0 Å². The smallest absolute Gasteiger partial charge is 0.0593 e. The molecule has 2 rings (SSSR count). The zero-order chi connectivity index (χ0) is 9.15. The minimum Gasteiger partial charge on any atom is -0.381 e. The lowest BCUT2D eigenvalue weighted by atomic mass is 9.81. The van der Waals surface area contributed by atoms with Crippen molar-refractivity contribution in [2.24, 2.45) is 5.41 Å². The lowest BCUT2D eigenvalue weighted by Crippen LogP contribution is -2.41. The van der Waals surface area contributed by atoms with Crippen molar-refractivity contribution in [3.63, 3.8) is 0 Å². The van der Waals surface area contributed by atoms with Gasteiger partial charge in [-0.05, 0) is 19.9 Å². The Balaban J connectivity index is 2.00. The third kappa shape index (κ3) is 2.22. The summed E-state index contributed by atoms with van der Waals surface area (Å²) in [6, 6.07) is 0. The molecule has 3 nitrogen and oxygen atoms in total. The molecule has 13 heavy (non-hydrogen) atoms. The van der Waals surface area contributed by atoms with E-state index in [0.29, 0.717) is 5.41 Å². The van der Waals surface area contributed by atoms with E-state index in [1.807, 2.05) is 0 Å². The molecule has 0 saturated carbocycles. The molecule has 0 atom stereocenters. The van der Waals surface area contributed by atoms with Gasteiger partial charge < -0.3 is 14.4 Å². The third-order valence-electron chi connectivity index (χ3n) is 3.18. The van der Waals surface area contributed by atoms with E-state index in [9.17, 15) is 0 Å². The molecule has 0 amide bonds. The molecule has 76 valence electrons. The Morgan fingerprint density at radius 2 is 1.85 bits per heavy atom. The van der Waals surface area contributed by atoms with E-state index in [4.69, 9.17) is 9.47 Å². The summed E-state index contributed by atoms with van der Waals surface area (Å²) in [7, 11) is 2.19. The highest BCUT2D eigenvalue weighted by Gasteiger charge is 2.35. The standard InChI is InChI=1S/C10H19NO2/c1-11-4-7-13-9-10(8-11)2-5-12-6-3-10/h2-9H2,1H3. The molecule has 2 heterocycles. The maximum Gasteiger partial charge on any atom is 0.0593 e. The van der Waals surface area contributed by atoms with Crippen LogP contribution in [0.5, 0.6) is 0 Å². The number of hydrogen-bond acceptors (Lipinski definition) is 3. The third-order valence-corrected chi connectivity index (χ3v) is 3.18. The average Bonchev–Trinajstić information content (AvgIpc) is 2.29. The highest BCUT2D eigenvalue weighted by Crippen LogP contribution is 2.32. The Bertz CT molecular complexity index is 166. The van der Waals surface area contributed by atoms with Crippen molar-refractivity contribution in [3.8, 4) is 0 Å². The molecule has 2 fully saturated rings. The molecule has 0 aliphatic carbocycles. The van der Waals surface area contributed by atoms with Crippen LogP contribution in [-0.2, 0) is 9.47 Å². The Kier molecular flexibility index (Phi) is 2.86. The summed E-state index contributed by atoms with van der Waals surface area (Å²) in [5, 5.41) is 0. The van der Waals surface area contributed by atoms with Crippen LogP contribution in [0, 0.1) is 5.41 Å². The minimum absolute atomic E-state index is 0.392. The molecule has 0 N–H and O–H groups in total. The van der Waals surface area contributed by atoms with Crippen molar-refractivity contribution in [2.45, 2.75) is 12.8 Å². The summed E-state index contributed by atoms with van der Waals surface area (Å²) in [5.41, 5.74) is 0.392.